The van der Waals surface area contributed by atoms with Crippen LogP contribution in [0.2, 0.25) is 0 Å². The topological polar surface area (TPSA) is 90.8 Å². The highest BCUT2D eigenvalue weighted by Gasteiger charge is 2.19. The van der Waals surface area contributed by atoms with Gasteiger partial charge in [0, 0.05) is 25.5 Å². The molecule has 4 aromatic heterocycles. The average Bonchev–Trinajstić information content (AvgIpc) is 3.51. The Balaban J connectivity index is 1.42. The third kappa shape index (κ3) is 3.21. The molecule has 0 aliphatic carbocycles. The minimum atomic E-state index is -0.288. The van der Waals surface area contributed by atoms with Crippen molar-refractivity contribution in [1.82, 2.24) is 19.3 Å². The van der Waals surface area contributed by atoms with Crippen molar-refractivity contribution in [3.63, 3.8) is 0 Å². The van der Waals surface area contributed by atoms with Gasteiger partial charge in [-0.25, -0.2) is 4.98 Å². The van der Waals surface area contributed by atoms with Crippen LogP contribution in [0, 0.1) is 0 Å². The molecule has 1 atom stereocenters. The molecule has 0 unspecified atom stereocenters. The number of rotatable bonds is 5. The van der Waals surface area contributed by atoms with E-state index in [9.17, 15) is 9.59 Å². The van der Waals surface area contributed by atoms with Crippen molar-refractivity contribution in [2.75, 3.05) is 13.2 Å². The second kappa shape index (κ2) is 7.21. The predicted molar refractivity (Wildman–Crippen MR) is 106 cm³/mol. The summed E-state index contributed by atoms with van der Waals surface area (Å²) in [6, 6.07) is 10.7. The first-order chi connectivity index (χ1) is 14.2. The number of ether oxygens (including phenoxy) is 1. The lowest BCUT2D eigenvalue weighted by molar-refractivity contribution is 0.0833. The number of hydrogen-bond donors (Lipinski definition) is 1. The molecule has 4 aromatic rings. The van der Waals surface area contributed by atoms with Gasteiger partial charge in [-0.2, -0.15) is 0 Å². The van der Waals surface area contributed by atoms with Crippen LogP contribution in [0.5, 0.6) is 0 Å². The summed E-state index contributed by atoms with van der Waals surface area (Å²) in [5, 5.41) is 2.84. The maximum atomic E-state index is 13.0. The number of aromatic nitrogens is 3. The van der Waals surface area contributed by atoms with E-state index in [1.165, 1.54) is 0 Å². The summed E-state index contributed by atoms with van der Waals surface area (Å²) in [6.07, 6.45) is 5.54. The number of furan rings is 1. The van der Waals surface area contributed by atoms with Gasteiger partial charge in [0.05, 0.1) is 18.2 Å². The monoisotopic (exact) mass is 392 g/mol. The van der Waals surface area contributed by atoms with E-state index in [4.69, 9.17) is 9.15 Å². The van der Waals surface area contributed by atoms with Crippen LogP contribution in [-0.2, 0) is 11.3 Å². The fraction of sp³-hybridized carbons (Fsp3) is 0.286. The van der Waals surface area contributed by atoms with Crippen molar-refractivity contribution in [3.8, 4) is 0 Å². The second-order valence-electron chi connectivity index (χ2n) is 7.11. The first-order valence-corrected chi connectivity index (χ1v) is 9.64. The summed E-state index contributed by atoms with van der Waals surface area (Å²) in [4.78, 5) is 29.7. The number of hydrogen-bond acceptors (Lipinski definition) is 5. The molecule has 1 fully saturated rings. The molecule has 29 heavy (non-hydrogen) atoms. The fourth-order valence-electron chi connectivity index (χ4n) is 3.77. The lowest BCUT2D eigenvalue weighted by atomic mass is 10.2. The van der Waals surface area contributed by atoms with Gasteiger partial charge in [0.1, 0.15) is 11.3 Å². The second-order valence-corrected chi connectivity index (χ2v) is 7.11. The lowest BCUT2D eigenvalue weighted by Crippen LogP contribution is -2.31. The Hall–Kier alpha value is -3.39. The number of amides is 1. The Kier molecular flexibility index (Phi) is 4.40. The van der Waals surface area contributed by atoms with Crippen LogP contribution in [0.1, 0.15) is 29.2 Å². The zero-order chi connectivity index (χ0) is 19.8. The fourth-order valence-corrected chi connectivity index (χ4v) is 3.77. The summed E-state index contributed by atoms with van der Waals surface area (Å²) in [5.74, 6) is 0.438. The van der Waals surface area contributed by atoms with Crippen LogP contribution in [0.25, 0.3) is 16.7 Å². The Morgan fingerprint density at radius 2 is 2.10 bits per heavy atom. The average molecular weight is 392 g/mol. The molecule has 0 radical (unpaired) electrons. The number of nitrogens with zero attached hydrogens (tertiary/aromatic N) is 3. The van der Waals surface area contributed by atoms with Gasteiger partial charge in [0.15, 0.2) is 11.4 Å². The predicted octanol–water partition coefficient (Wildman–Crippen LogP) is 2.20. The summed E-state index contributed by atoms with van der Waals surface area (Å²) in [6.45, 7) is 1.40. The molecule has 8 heteroatoms. The molecule has 0 spiro atoms. The van der Waals surface area contributed by atoms with Crippen molar-refractivity contribution in [3.05, 3.63) is 70.7 Å². The van der Waals surface area contributed by atoms with Gasteiger partial charge in [-0.05, 0) is 49.2 Å². The normalized spacial score (nSPS) is 16.6. The summed E-state index contributed by atoms with van der Waals surface area (Å²) in [5.41, 5.74) is 1.78. The Morgan fingerprint density at radius 3 is 2.97 bits per heavy atom. The van der Waals surface area contributed by atoms with Gasteiger partial charge in [0.2, 0.25) is 0 Å². The van der Waals surface area contributed by atoms with E-state index in [1.54, 1.807) is 29.0 Å². The summed E-state index contributed by atoms with van der Waals surface area (Å²) >= 11 is 0. The lowest BCUT2D eigenvalue weighted by Gasteiger charge is -2.10. The summed E-state index contributed by atoms with van der Waals surface area (Å²) in [7, 11) is 0. The highest BCUT2D eigenvalue weighted by Crippen LogP contribution is 2.16. The van der Waals surface area contributed by atoms with Gasteiger partial charge >= 0.3 is 0 Å². The number of carbonyl (C=O) groups excluding carboxylic acids is 1. The van der Waals surface area contributed by atoms with E-state index in [0.29, 0.717) is 23.5 Å². The highest BCUT2D eigenvalue weighted by molar-refractivity contribution is 5.91. The van der Waals surface area contributed by atoms with E-state index in [0.717, 1.165) is 25.0 Å². The van der Waals surface area contributed by atoms with Gasteiger partial charge in [0.25, 0.3) is 11.5 Å². The molecule has 1 aliphatic heterocycles. The summed E-state index contributed by atoms with van der Waals surface area (Å²) < 4.78 is 14.6. The molecular weight excluding hydrogens is 372 g/mol. The van der Waals surface area contributed by atoms with E-state index in [2.05, 4.69) is 10.3 Å². The van der Waals surface area contributed by atoms with Crippen molar-refractivity contribution in [1.29, 1.82) is 0 Å². The molecule has 1 aliphatic rings. The van der Waals surface area contributed by atoms with Crippen LogP contribution < -0.4 is 10.9 Å². The molecule has 5 rings (SSSR count). The van der Waals surface area contributed by atoms with Crippen molar-refractivity contribution in [2.24, 2.45) is 0 Å². The van der Waals surface area contributed by atoms with Crippen molar-refractivity contribution < 1.29 is 13.9 Å². The maximum absolute atomic E-state index is 13.0. The first kappa shape index (κ1) is 17.7. The molecule has 148 valence electrons. The molecule has 5 heterocycles. The zero-order valence-electron chi connectivity index (χ0n) is 15.7. The van der Waals surface area contributed by atoms with E-state index >= 15 is 0 Å². The van der Waals surface area contributed by atoms with Gasteiger partial charge in [-0.1, -0.05) is 0 Å². The largest absolute Gasteiger partial charge is 0.454 e. The van der Waals surface area contributed by atoms with Gasteiger partial charge in [-0.15, -0.1) is 0 Å². The molecule has 0 saturated carbocycles. The quantitative estimate of drug-likeness (QED) is 0.562. The third-order valence-corrected chi connectivity index (χ3v) is 5.21. The molecule has 8 nitrogen and oxygen atoms in total. The van der Waals surface area contributed by atoms with Crippen LogP contribution in [0.15, 0.2) is 58.0 Å². The van der Waals surface area contributed by atoms with Crippen LogP contribution >= 0.6 is 0 Å². The SMILES string of the molecule is O=C(NC[C@H]1CCCO1)c1ccc(Cn2c(=O)c3cccn3c3cccnc32)o1. The Bertz CT molecular complexity index is 1250. The maximum Gasteiger partial charge on any atom is 0.287 e. The van der Waals surface area contributed by atoms with Gasteiger partial charge < -0.3 is 18.9 Å². The third-order valence-electron chi connectivity index (χ3n) is 5.21. The van der Waals surface area contributed by atoms with Crippen molar-refractivity contribution >= 4 is 22.6 Å². The smallest absolute Gasteiger partial charge is 0.287 e. The number of nitrogens with one attached hydrogen (secondary N) is 1. The van der Waals surface area contributed by atoms with Crippen molar-refractivity contribution in [2.45, 2.75) is 25.5 Å². The highest BCUT2D eigenvalue weighted by atomic mass is 16.5. The Morgan fingerprint density at radius 1 is 1.21 bits per heavy atom. The molecule has 1 saturated heterocycles. The van der Waals surface area contributed by atoms with Crippen LogP contribution in [0.3, 0.4) is 0 Å². The molecule has 1 amide bonds. The number of pyridine rings is 1. The van der Waals surface area contributed by atoms with Gasteiger partial charge in [-0.3, -0.25) is 14.2 Å². The first-order valence-electron chi connectivity index (χ1n) is 9.64. The van der Waals surface area contributed by atoms with E-state index in [1.807, 2.05) is 28.8 Å². The molecular formula is C21H20N4O4. The Labute approximate surface area is 165 Å². The standard InChI is InChI=1S/C21H20N4O4/c26-20(23-12-14-4-3-11-28-14)18-8-7-15(29-18)13-25-19-16(5-1-9-22-19)24-10-2-6-17(24)21(25)27/h1-2,5-10,14H,3-4,11-13H2,(H,23,26)/t14-/m1/s1. The molecule has 0 aromatic carbocycles. The molecule has 1 N–H and O–H groups in total. The minimum absolute atomic E-state index is 0.0678. The van der Waals surface area contributed by atoms with E-state index < -0.39 is 0 Å². The minimum Gasteiger partial charge on any atom is -0.454 e. The number of fused-ring (bicyclic) bond motifs is 3. The van der Waals surface area contributed by atoms with Crippen LogP contribution in [-0.4, -0.2) is 39.1 Å². The van der Waals surface area contributed by atoms with E-state index in [-0.39, 0.29) is 29.9 Å². The number of carbonyl (C=O) groups is 1. The van der Waals surface area contributed by atoms with Crippen LogP contribution in [0.4, 0.5) is 0 Å². The molecule has 0 bridgehead atoms. The zero-order valence-corrected chi connectivity index (χ0v) is 15.7.